The monoisotopic (exact) mass is 912 g/mol. The molecular weight excluding hydrogens is 863 g/mol. The molecule has 0 aliphatic carbocycles. The molecule has 0 unspecified atom stereocenters. The van der Waals surface area contributed by atoms with E-state index in [4.69, 9.17) is 17.6 Å². The van der Waals surface area contributed by atoms with E-state index in [9.17, 15) is 0 Å². The minimum absolute atomic E-state index is 0. The summed E-state index contributed by atoms with van der Waals surface area (Å²) in [5.74, 6) is 0.814. The third-order valence-electron chi connectivity index (χ3n) is 9.66. The van der Waals surface area contributed by atoms with Gasteiger partial charge in [0.05, 0.1) is 22.5 Å². The molecule has 9 aromatic rings. The number of aryl methyl sites for hydroxylation is 3. The van der Waals surface area contributed by atoms with E-state index in [2.05, 4.69) is 159 Å². The van der Waals surface area contributed by atoms with Gasteiger partial charge in [0.15, 0.2) is 0 Å². The second-order valence-electron chi connectivity index (χ2n) is 14.7. The Morgan fingerprint density at radius 2 is 1.36 bits per heavy atom. The number of nitrogens with zero attached hydrogens (tertiary/aromatic N) is 3. The first-order valence-electron chi connectivity index (χ1n) is 21.2. The zero-order valence-electron chi connectivity index (χ0n) is 37.5. The Bertz CT molecular complexity index is 2850. The summed E-state index contributed by atoms with van der Waals surface area (Å²) in [4.78, 5) is 9.31. The van der Waals surface area contributed by atoms with Crippen LogP contribution in [0.1, 0.15) is 51.2 Å². The second-order valence-corrected chi connectivity index (χ2v) is 14.7. The first-order chi connectivity index (χ1) is 29.1. The van der Waals surface area contributed by atoms with Gasteiger partial charge in [0.1, 0.15) is 0 Å². The molecule has 1 radical (unpaired) electrons. The first-order valence-corrected chi connectivity index (χ1v) is 18.2. The van der Waals surface area contributed by atoms with E-state index >= 15 is 0 Å². The number of fused-ring (bicyclic) bond motifs is 2. The standard InChI is InChI=1S/C38H31N2O.C13H12N.Ir/c1-25-21-29(26-13-7-5-8-14-26)36(30(22-25)27-15-9-6-10-16-27)40-34-18-12-11-17-33(34)39-37(40)32-24-41-35-20-19-28(23-31(32)35)38(2,3)4;1-10-3-6-12(7-4-10)13-8-5-11(2)9-14-13;/h5-23H,1-4H3;3-6,8-9H,1-2H3;/q2*-1;/i;1D3,2D3;. The van der Waals surface area contributed by atoms with Crippen molar-refractivity contribution in [1.29, 1.82) is 0 Å². The Hall–Kier alpha value is -5.87. The van der Waals surface area contributed by atoms with Crippen LogP contribution in [0, 0.1) is 33.0 Å². The molecule has 0 spiro atoms. The van der Waals surface area contributed by atoms with Crippen LogP contribution in [0.4, 0.5) is 0 Å². The fourth-order valence-corrected chi connectivity index (χ4v) is 6.86. The van der Waals surface area contributed by atoms with Crippen LogP contribution in [0.25, 0.3) is 72.6 Å². The average Bonchev–Trinajstić information content (AvgIpc) is 3.85. The molecule has 6 aromatic carbocycles. The number of hydrogen-bond donors (Lipinski definition) is 0. The molecule has 0 aliphatic rings. The largest absolute Gasteiger partial charge is 0.557 e. The summed E-state index contributed by atoms with van der Waals surface area (Å²) in [6, 6.07) is 51.0. The van der Waals surface area contributed by atoms with Gasteiger partial charge in [0, 0.05) is 57.5 Å². The SMILES string of the molecule is Cc1cc(-c2ccccc2)c(-n2c(-c3[c-]oc4ccc(C(C)(C)C)cc34)nc3ccccc32)c(-c2ccccc2)c1.[2H]C([2H])([2H])c1c[c-]c(-c2ccc(C([2H])([2H])[2H])cn2)cc1.[Ir]. The maximum atomic E-state index is 7.28. The van der Waals surface area contributed by atoms with Crippen molar-refractivity contribution in [3.05, 3.63) is 186 Å². The molecule has 0 N–H and O–H groups in total. The van der Waals surface area contributed by atoms with E-state index in [1.807, 2.05) is 6.07 Å². The fourth-order valence-electron chi connectivity index (χ4n) is 6.86. The molecule has 0 bridgehead atoms. The molecule has 0 saturated carbocycles. The van der Waals surface area contributed by atoms with Crippen molar-refractivity contribution in [2.75, 3.05) is 0 Å². The van der Waals surface area contributed by atoms with Gasteiger partial charge in [0.2, 0.25) is 0 Å². The summed E-state index contributed by atoms with van der Waals surface area (Å²) in [6.07, 6.45) is 4.55. The van der Waals surface area contributed by atoms with E-state index in [0.717, 1.165) is 61.3 Å². The van der Waals surface area contributed by atoms with Crippen molar-refractivity contribution in [2.24, 2.45) is 0 Å². The van der Waals surface area contributed by atoms with Crippen molar-refractivity contribution in [3.63, 3.8) is 0 Å². The number of imidazole rings is 1. The van der Waals surface area contributed by atoms with Gasteiger partial charge in [-0.2, -0.15) is 0 Å². The van der Waals surface area contributed by atoms with Gasteiger partial charge in [-0.05, 0) is 71.4 Å². The maximum absolute atomic E-state index is 7.28. The smallest absolute Gasteiger partial charge is 0.0774 e. The van der Waals surface area contributed by atoms with Crippen LogP contribution in [-0.4, -0.2) is 14.5 Å². The molecule has 3 aromatic heterocycles. The molecular formula is C51H43IrN3O-2. The van der Waals surface area contributed by atoms with E-state index in [1.54, 1.807) is 12.1 Å². The van der Waals surface area contributed by atoms with Crippen LogP contribution in [-0.2, 0) is 25.5 Å². The molecule has 0 atom stereocenters. The molecule has 3 heterocycles. The van der Waals surface area contributed by atoms with Crippen LogP contribution >= 0.6 is 0 Å². The number of para-hydroxylation sites is 2. The van der Waals surface area contributed by atoms with Crippen molar-refractivity contribution >= 4 is 22.0 Å². The summed E-state index contributed by atoms with van der Waals surface area (Å²) in [5.41, 5.74) is 13.3. The third kappa shape index (κ3) is 7.79. The number of pyridine rings is 1. The molecule has 9 rings (SSSR count). The number of aromatic nitrogens is 3. The zero-order valence-corrected chi connectivity index (χ0v) is 33.9. The van der Waals surface area contributed by atoms with Crippen LogP contribution < -0.4 is 0 Å². The first kappa shape index (κ1) is 31.3. The van der Waals surface area contributed by atoms with Gasteiger partial charge in [-0.1, -0.05) is 147 Å². The quantitative estimate of drug-likeness (QED) is 0.162. The summed E-state index contributed by atoms with van der Waals surface area (Å²) in [6.45, 7) is 4.53. The van der Waals surface area contributed by atoms with Gasteiger partial charge >= 0.3 is 0 Å². The van der Waals surface area contributed by atoms with Crippen LogP contribution in [0.5, 0.6) is 0 Å². The fraction of sp³-hybridized carbons (Fsp3) is 0.137. The zero-order chi connectivity index (χ0) is 43.1. The Balaban J connectivity index is 0.000000233. The molecule has 0 saturated heterocycles. The van der Waals surface area contributed by atoms with Gasteiger partial charge in [0.25, 0.3) is 0 Å². The van der Waals surface area contributed by atoms with Gasteiger partial charge in [-0.25, -0.2) is 0 Å². The minimum atomic E-state index is -2.18. The summed E-state index contributed by atoms with van der Waals surface area (Å²) >= 11 is 0. The Kier molecular flexibility index (Phi) is 9.00. The number of hydrogen-bond acceptors (Lipinski definition) is 3. The Morgan fingerprint density at radius 3 is 1.96 bits per heavy atom. The topological polar surface area (TPSA) is 43.9 Å². The van der Waals surface area contributed by atoms with Crippen molar-refractivity contribution in [3.8, 4) is 50.6 Å². The van der Waals surface area contributed by atoms with Gasteiger partial charge in [-0.15, -0.1) is 35.4 Å². The van der Waals surface area contributed by atoms with Crippen molar-refractivity contribution in [2.45, 2.75) is 46.8 Å². The van der Waals surface area contributed by atoms with Crippen LogP contribution in [0.15, 0.2) is 156 Å². The molecule has 0 amide bonds. The van der Waals surface area contributed by atoms with E-state index < -0.39 is 13.7 Å². The third-order valence-corrected chi connectivity index (χ3v) is 9.66. The van der Waals surface area contributed by atoms with E-state index in [0.29, 0.717) is 11.3 Å². The average molecular weight is 912 g/mol. The van der Waals surface area contributed by atoms with Gasteiger partial charge < -0.3 is 14.0 Å². The van der Waals surface area contributed by atoms with E-state index in [-0.39, 0.29) is 36.6 Å². The number of furan rings is 1. The van der Waals surface area contributed by atoms with E-state index in [1.165, 1.54) is 35.5 Å². The summed E-state index contributed by atoms with van der Waals surface area (Å²) in [7, 11) is 0. The Morgan fingerprint density at radius 1 is 0.696 bits per heavy atom. The molecule has 0 aliphatic heterocycles. The molecule has 0 fully saturated rings. The minimum Gasteiger partial charge on any atom is -0.557 e. The predicted octanol–water partition coefficient (Wildman–Crippen LogP) is 13.3. The van der Waals surface area contributed by atoms with Crippen LogP contribution in [0.2, 0.25) is 0 Å². The van der Waals surface area contributed by atoms with Crippen molar-refractivity contribution < 1.29 is 32.7 Å². The number of rotatable bonds is 5. The summed E-state index contributed by atoms with van der Waals surface area (Å²) < 4.78 is 52.0. The van der Waals surface area contributed by atoms with Crippen molar-refractivity contribution in [1.82, 2.24) is 14.5 Å². The Labute approximate surface area is 351 Å². The normalized spacial score (nSPS) is 13.3. The molecule has 279 valence electrons. The molecule has 5 heteroatoms. The second kappa shape index (κ2) is 16.1. The predicted molar refractivity (Wildman–Crippen MR) is 227 cm³/mol. The number of benzene rings is 6. The van der Waals surface area contributed by atoms with Crippen LogP contribution in [0.3, 0.4) is 0 Å². The summed E-state index contributed by atoms with van der Waals surface area (Å²) in [5, 5.41) is 1.02. The van der Waals surface area contributed by atoms with Gasteiger partial charge in [-0.3, -0.25) is 4.98 Å². The maximum Gasteiger partial charge on any atom is 0.0774 e. The molecule has 4 nitrogen and oxygen atoms in total. The molecule has 56 heavy (non-hydrogen) atoms.